The van der Waals surface area contributed by atoms with Crippen molar-refractivity contribution in [3.05, 3.63) is 81.8 Å². The van der Waals surface area contributed by atoms with Crippen molar-refractivity contribution in [2.24, 2.45) is 0 Å². The fourth-order valence-electron chi connectivity index (χ4n) is 4.51. The quantitative estimate of drug-likeness (QED) is 0.501. The average Bonchev–Trinajstić information content (AvgIpc) is 3.24. The molecule has 0 N–H and O–H groups in total. The van der Waals surface area contributed by atoms with Crippen LogP contribution in [0.4, 0.5) is 5.69 Å². The molecule has 4 nitrogen and oxygen atoms in total. The van der Waals surface area contributed by atoms with Gasteiger partial charge in [-0.2, -0.15) is 0 Å². The van der Waals surface area contributed by atoms with Gasteiger partial charge in [0.15, 0.2) is 0 Å². The molecule has 1 saturated heterocycles. The highest BCUT2D eigenvalue weighted by atomic mass is 32.1. The van der Waals surface area contributed by atoms with Gasteiger partial charge in [0.1, 0.15) is 10.5 Å². The van der Waals surface area contributed by atoms with Crippen molar-refractivity contribution in [1.82, 2.24) is 9.88 Å². The van der Waals surface area contributed by atoms with Gasteiger partial charge >= 0.3 is 0 Å². The Morgan fingerprint density at radius 1 is 1.06 bits per heavy atom. The molecule has 1 aliphatic heterocycles. The van der Waals surface area contributed by atoms with E-state index in [-0.39, 0.29) is 5.91 Å². The Bertz CT molecular complexity index is 1000. The van der Waals surface area contributed by atoms with Crippen molar-refractivity contribution in [2.45, 2.75) is 52.1 Å². The molecule has 1 aromatic heterocycles. The summed E-state index contributed by atoms with van der Waals surface area (Å²) in [7, 11) is 0. The SMILES string of the molecule is CCC(=O)N(c1ccc(C)cc1)C1(c2nc(C)cs2)CCN(Cc2ccccc2)CC1. The molecule has 0 bridgehead atoms. The first-order valence-electron chi connectivity index (χ1n) is 11.1. The van der Waals surface area contributed by atoms with E-state index in [1.165, 1.54) is 11.1 Å². The summed E-state index contributed by atoms with van der Waals surface area (Å²) in [5.41, 5.74) is 4.14. The van der Waals surface area contributed by atoms with Crippen LogP contribution >= 0.6 is 11.3 Å². The molecular formula is C26H31N3OS. The number of likely N-dealkylation sites (tertiary alicyclic amines) is 1. The minimum absolute atomic E-state index is 0.160. The molecule has 1 amide bonds. The van der Waals surface area contributed by atoms with Crippen LogP contribution in [0.2, 0.25) is 0 Å². The van der Waals surface area contributed by atoms with Crippen LogP contribution < -0.4 is 4.90 Å². The van der Waals surface area contributed by atoms with E-state index in [1.807, 2.05) is 13.8 Å². The van der Waals surface area contributed by atoms with E-state index >= 15 is 0 Å². The standard InChI is InChI=1S/C26H31N3OS/c1-4-24(30)29(23-12-10-20(2)11-13-23)26(25-27-21(3)19-31-25)14-16-28(17-15-26)18-22-8-6-5-7-9-22/h5-13,19H,4,14-18H2,1-3H3. The summed E-state index contributed by atoms with van der Waals surface area (Å²) in [6.07, 6.45) is 2.24. The number of carbonyl (C=O) groups is 1. The Balaban J connectivity index is 1.68. The monoisotopic (exact) mass is 433 g/mol. The minimum atomic E-state index is -0.394. The molecule has 0 saturated carbocycles. The van der Waals surface area contributed by atoms with Gasteiger partial charge < -0.3 is 0 Å². The van der Waals surface area contributed by atoms with Gasteiger partial charge in [0.05, 0.1) is 0 Å². The topological polar surface area (TPSA) is 36.4 Å². The number of aromatic nitrogens is 1. The first-order valence-corrected chi connectivity index (χ1v) is 12.0. The second kappa shape index (κ2) is 9.33. The van der Waals surface area contributed by atoms with Crippen molar-refractivity contribution >= 4 is 22.9 Å². The maximum Gasteiger partial charge on any atom is 0.227 e. The van der Waals surface area contributed by atoms with Crippen LogP contribution in [0.25, 0.3) is 0 Å². The molecule has 1 aliphatic rings. The Labute approximate surface area is 189 Å². The fraction of sp³-hybridized carbons (Fsp3) is 0.385. The van der Waals surface area contributed by atoms with Gasteiger partial charge in [-0.05, 0) is 44.4 Å². The van der Waals surface area contributed by atoms with Crippen LogP contribution in [-0.4, -0.2) is 28.9 Å². The zero-order valence-electron chi connectivity index (χ0n) is 18.7. The zero-order valence-corrected chi connectivity index (χ0v) is 19.5. The van der Waals surface area contributed by atoms with Crippen molar-refractivity contribution in [1.29, 1.82) is 0 Å². The third-order valence-electron chi connectivity index (χ3n) is 6.22. The van der Waals surface area contributed by atoms with Crippen molar-refractivity contribution < 1.29 is 4.79 Å². The second-order valence-corrected chi connectivity index (χ2v) is 9.36. The lowest BCUT2D eigenvalue weighted by molar-refractivity contribution is -0.120. The zero-order chi connectivity index (χ0) is 21.8. The Kier molecular flexibility index (Phi) is 6.54. The highest BCUT2D eigenvalue weighted by molar-refractivity contribution is 7.09. The molecule has 5 heteroatoms. The maximum atomic E-state index is 13.3. The number of hydrogen-bond acceptors (Lipinski definition) is 4. The number of hydrogen-bond donors (Lipinski definition) is 0. The molecule has 4 rings (SSSR count). The summed E-state index contributed by atoms with van der Waals surface area (Å²) in [6, 6.07) is 19.0. The van der Waals surface area contributed by atoms with Crippen molar-refractivity contribution in [3.63, 3.8) is 0 Å². The van der Waals surface area contributed by atoms with E-state index in [2.05, 4.69) is 76.7 Å². The summed E-state index contributed by atoms with van der Waals surface area (Å²) in [5.74, 6) is 0.160. The summed E-state index contributed by atoms with van der Waals surface area (Å²) in [4.78, 5) is 22.8. The predicted molar refractivity (Wildman–Crippen MR) is 128 cm³/mol. The number of anilines is 1. The molecule has 2 heterocycles. The van der Waals surface area contributed by atoms with Crippen LogP contribution in [0, 0.1) is 13.8 Å². The van der Waals surface area contributed by atoms with Gasteiger partial charge in [0, 0.05) is 42.8 Å². The van der Waals surface area contributed by atoms with Crippen LogP contribution in [0.3, 0.4) is 0 Å². The number of thiazole rings is 1. The van der Waals surface area contributed by atoms with Crippen molar-refractivity contribution in [3.8, 4) is 0 Å². The molecular weight excluding hydrogens is 402 g/mol. The van der Waals surface area contributed by atoms with Crippen LogP contribution in [0.5, 0.6) is 0 Å². The highest BCUT2D eigenvalue weighted by Crippen LogP contribution is 2.43. The minimum Gasteiger partial charge on any atom is -0.300 e. The summed E-state index contributed by atoms with van der Waals surface area (Å²) in [5, 5.41) is 3.17. The summed E-state index contributed by atoms with van der Waals surface area (Å²) in [6.45, 7) is 8.89. The number of benzene rings is 2. The molecule has 0 unspecified atom stereocenters. The second-order valence-electron chi connectivity index (χ2n) is 8.51. The molecule has 1 fully saturated rings. The van der Waals surface area contributed by atoms with Gasteiger partial charge in [-0.25, -0.2) is 4.98 Å². The fourth-order valence-corrected chi connectivity index (χ4v) is 5.55. The van der Waals surface area contributed by atoms with Crippen LogP contribution in [-0.2, 0) is 16.9 Å². The molecule has 0 radical (unpaired) electrons. The smallest absolute Gasteiger partial charge is 0.227 e. The van der Waals surface area contributed by atoms with Crippen LogP contribution in [0.15, 0.2) is 60.0 Å². The van der Waals surface area contributed by atoms with Gasteiger partial charge in [-0.3, -0.25) is 14.6 Å². The number of piperidine rings is 1. The van der Waals surface area contributed by atoms with Gasteiger partial charge in [-0.1, -0.05) is 55.0 Å². The molecule has 0 atom stereocenters. The lowest BCUT2D eigenvalue weighted by Crippen LogP contribution is -2.55. The molecule has 0 aliphatic carbocycles. The number of carbonyl (C=O) groups excluding carboxylic acids is 1. The van der Waals surface area contributed by atoms with Crippen molar-refractivity contribution in [2.75, 3.05) is 18.0 Å². The van der Waals surface area contributed by atoms with E-state index < -0.39 is 5.54 Å². The number of nitrogens with zero attached hydrogens (tertiary/aromatic N) is 3. The summed E-state index contributed by atoms with van der Waals surface area (Å²) >= 11 is 1.69. The molecule has 3 aromatic rings. The lowest BCUT2D eigenvalue weighted by Gasteiger charge is -2.47. The molecule has 162 valence electrons. The average molecular weight is 434 g/mol. The van der Waals surface area contributed by atoms with Crippen LogP contribution in [0.1, 0.15) is 48.0 Å². The predicted octanol–water partition coefficient (Wildman–Crippen LogP) is 5.69. The Morgan fingerprint density at radius 3 is 2.32 bits per heavy atom. The number of rotatable bonds is 6. The molecule has 31 heavy (non-hydrogen) atoms. The van der Waals surface area contributed by atoms with Gasteiger partial charge in [-0.15, -0.1) is 11.3 Å². The number of amides is 1. The molecule has 0 spiro atoms. The van der Waals surface area contributed by atoms with Gasteiger partial charge in [0.2, 0.25) is 5.91 Å². The van der Waals surface area contributed by atoms with E-state index in [0.29, 0.717) is 6.42 Å². The van der Waals surface area contributed by atoms with E-state index in [4.69, 9.17) is 4.98 Å². The summed E-state index contributed by atoms with van der Waals surface area (Å²) < 4.78 is 0. The number of aryl methyl sites for hydroxylation is 2. The third kappa shape index (κ3) is 4.58. The first-order chi connectivity index (χ1) is 15.0. The normalized spacial score (nSPS) is 16.2. The largest absolute Gasteiger partial charge is 0.300 e. The maximum absolute atomic E-state index is 13.3. The Hall–Kier alpha value is -2.50. The van der Waals surface area contributed by atoms with E-state index in [0.717, 1.165) is 48.9 Å². The first kappa shape index (κ1) is 21.7. The lowest BCUT2D eigenvalue weighted by atomic mass is 9.84. The third-order valence-corrected chi connectivity index (χ3v) is 7.37. The van der Waals surface area contributed by atoms with E-state index in [1.54, 1.807) is 11.3 Å². The Morgan fingerprint density at radius 2 is 1.74 bits per heavy atom. The van der Waals surface area contributed by atoms with E-state index in [9.17, 15) is 4.79 Å². The van der Waals surface area contributed by atoms with Gasteiger partial charge in [0.25, 0.3) is 0 Å². The highest BCUT2D eigenvalue weighted by Gasteiger charge is 2.46. The molecule has 2 aromatic carbocycles.